The molecule has 3 heterocycles. The van der Waals surface area contributed by atoms with Crippen molar-refractivity contribution in [1.82, 2.24) is 0 Å². The van der Waals surface area contributed by atoms with Crippen LogP contribution in [0.2, 0.25) is 0 Å². The highest BCUT2D eigenvalue weighted by atomic mass is 16.7. The molecule has 0 unspecified atom stereocenters. The number of ether oxygens (including phenoxy) is 5. The third-order valence-electron chi connectivity index (χ3n) is 9.29. The minimum Gasteiger partial charge on any atom is -0.458 e. The van der Waals surface area contributed by atoms with Crippen molar-refractivity contribution in [3.8, 4) is 0 Å². The van der Waals surface area contributed by atoms with Gasteiger partial charge in [-0.05, 0) is 36.7 Å². The Hall–Kier alpha value is -1.48. The van der Waals surface area contributed by atoms with Crippen LogP contribution in [0.3, 0.4) is 0 Å². The van der Waals surface area contributed by atoms with E-state index >= 15 is 0 Å². The second kappa shape index (κ2) is 5.90. The van der Waals surface area contributed by atoms with E-state index in [1.165, 1.54) is 6.92 Å². The minimum absolute atomic E-state index is 0.0942. The van der Waals surface area contributed by atoms with Gasteiger partial charge in [0.15, 0.2) is 12.4 Å². The number of hydrogen-bond acceptors (Lipinski definition) is 8. The van der Waals surface area contributed by atoms with Crippen LogP contribution >= 0.6 is 0 Å². The van der Waals surface area contributed by atoms with Gasteiger partial charge in [-0.3, -0.25) is 4.79 Å². The van der Waals surface area contributed by atoms with Gasteiger partial charge in [0.2, 0.25) is 0 Å². The van der Waals surface area contributed by atoms with Crippen LogP contribution in [0.25, 0.3) is 0 Å². The zero-order valence-corrected chi connectivity index (χ0v) is 18.4. The maximum absolute atomic E-state index is 12.2. The Morgan fingerprint density at radius 3 is 2.77 bits per heavy atom. The number of fused-ring (bicyclic) bond motifs is 2. The summed E-state index contributed by atoms with van der Waals surface area (Å²) in [5.74, 6) is -0.564. The Kier molecular flexibility index (Phi) is 3.83. The molecule has 3 aliphatic carbocycles. The minimum atomic E-state index is -1.16. The molecule has 0 radical (unpaired) electrons. The number of rotatable bonds is 4. The Morgan fingerprint density at radius 1 is 1.29 bits per heavy atom. The van der Waals surface area contributed by atoms with Gasteiger partial charge in [-0.15, -0.1) is 0 Å². The molecule has 0 amide bonds. The molecule has 170 valence electrons. The largest absolute Gasteiger partial charge is 0.458 e. The van der Waals surface area contributed by atoms with Crippen LogP contribution in [0, 0.1) is 17.3 Å². The molecule has 0 aromatic rings. The average Bonchev–Trinajstić information content (AvgIpc) is 3.57. The number of epoxide rings is 2. The van der Waals surface area contributed by atoms with Crippen molar-refractivity contribution < 1.29 is 38.4 Å². The number of carbonyl (C=O) groups is 2. The van der Waals surface area contributed by atoms with Gasteiger partial charge in [0.05, 0.1) is 17.8 Å². The van der Waals surface area contributed by atoms with Gasteiger partial charge >= 0.3 is 11.9 Å². The molecular weight excluding hydrogens is 404 g/mol. The van der Waals surface area contributed by atoms with Crippen molar-refractivity contribution in [2.24, 2.45) is 17.3 Å². The summed E-state index contributed by atoms with van der Waals surface area (Å²) >= 11 is 0. The second-order valence-corrected chi connectivity index (χ2v) is 10.7. The molecular formula is C23H30O8. The zero-order chi connectivity index (χ0) is 22.0. The summed E-state index contributed by atoms with van der Waals surface area (Å²) in [6, 6.07) is 0. The van der Waals surface area contributed by atoms with Crippen molar-refractivity contribution in [3.63, 3.8) is 0 Å². The lowest BCUT2D eigenvalue weighted by Crippen LogP contribution is -2.72. The van der Waals surface area contributed by atoms with Crippen LogP contribution in [-0.4, -0.2) is 65.6 Å². The molecule has 31 heavy (non-hydrogen) atoms. The van der Waals surface area contributed by atoms with Crippen LogP contribution in [-0.2, 0) is 33.3 Å². The third kappa shape index (κ3) is 2.15. The summed E-state index contributed by atoms with van der Waals surface area (Å²) in [6.45, 7) is 7.64. The molecule has 1 N–H and O–H groups in total. The number of aliphatic hydroxyl groups is 1. The predicted octanol–water partition coefficient (Wildman–Crippen LogP) is 1.63. The van der Waals surface area contributed by atoms with Gasteiger partial charge in [0.25, 0.3) is 0 Å². The maximum atomic E-state index is 12.2. The van der Waals surface area contributed by atoms with E-state index < -0.39 is 28.9 Å². The van der Waals surface area contributed by atoms with Gasteiger partial charge in [0, 0.05) is 24.3 Å². The molecule has 0 bridgehead atoms. The Labute approximate surface area is 181 Å². The van der Waals surface area contributed by atoms with Crippen molar-refractivity contribution in [2.75, 3.05) is 13.4 Å². The van der Waals surface area contributed by atoms with E-state index in [-0.39, 0.29) is 42.2 Å². The van der Waals surface area contributed by atoms with E-state index in [1.807, 2.05) is 13.8 Å². The zero-order valence-electron chi connectivity index (χ0n) is 18.4. The molecule has 0 aromatic heterocycles. The molecule has 6 aliphatic rings. The number of carbonyl (C=O) groups excluding carboxylic acids is 2. The van der Waals surface area contributed by atoms with E-state index in [0.29, 0.717) is 19.4 Å². The molecule has 2 saturated carbocycles. The van der Waals surface area contributed by atoms with Gasteiger partial charge < -0.3 is 28.8 Å². The summed E-state index contributed by atoms with van der Waals surface area (Å²) in [5, 5.41) is 11.8. The number of cyclic esters (lactones) is 1. The first-order chi connectivity index (χ1) is 14.6. The fourth-order valence-corrected chi connectivity index (χ4v) is 7.64. The molecule has 8 atom stereocenters. The summed E-state index contributed by atoms with van der Waals surface area (Å²) < 4.78 is 29.6. The normalized spacial score (nSPS) is 51.2. The molecule has 4 fully saturated rings. The van der Waals surface area contributed by atoms with E-state index in [0.717, 1.165) is 24.0 Å². The van der Waals surface area contributed by atoms with Crippen LogP contribution in [0.4, 0.5) is 0 Å². The average molecular weight is 434 g/mol. The van der Waals surface area contributed by atoms with Gasteiger partial charge in [0.1, 0.15) is 18.3 Å². The highest BCUT2D eigenvalue weighted by Crippen LogP contribution is 2.80. The summed E-state index contributed by atoms with van der Waals surface area (Å²) in [6.07, 6.45) is 1.71. The van der Waals surface area contributed by atoms with Crippen LogP contribution in [0.15, 0.2) is 11.1 Å². The van der Waals surface area contributed by atoms with E-state index in [2.05, 4.69) is 6.92 Å². The highest BCUT2D eigenvalue weighted by Gasteiger charge is 2.95. The molecule has 6 rings (SSSR count). The van der Waals surface area contributed by atoms with Crippen molar-refractivity contribution in [2.45, 2.75) is 88.5 Å². The standard InChI is InChI=1S/C23H30O8/c1-11(2)21(26)8-17-23(31-17)20(4)6-5-13-14(9-27-18(13)25)15(20)7-16-22(23,30-16)19(21)29-10-28-12(3)24/h11,15-17,19,26H,5-10H2,1-4H3/t15-,16-,17-,19+,20-,21+,22+,23+/m0/s1. The first-order valence-corrected chi connectivity index (χ1v) is 11.3. The van der Waals surface area contributed by atoms with Gasteiger partial charge in [-0.2, -0.15) is 0 Å². The Bertz CT molecular complexity index is 911. The lowest BCUT2D eigenvalue weighted by Gasteiger charge is -2.56. The second-order valence-electron chi connectivity index (χ2n) is 10.7. The molecule has 2 spiro atoms. The van der Waals surface area contributed by atoms with Crippen molar-refractivity contribution >= 4 is 11.9 Å². The van der Waals surface area contributed by atoms with Crippen LogP contribution < -0.4 is 0 Å². The number of esters is 2. The van der Waals surface area contributed by atoms with Crippen LogP contribution in [0.5, 0.6) is 0 Å². The first kappa shape index (κ1) is 20.1. The number of hydrogen-bond donors (Lipinski definition) is 1. The summed E-state index contributed by atoms with van der Waals surface area (Å²) in [5.41, 5.74) is -0.829. The smallest absolute Gasteiger partial charge is 0.334 e. The molecule has 8 nitrogen and oxygen atoms in total. The molecule has 8 heteroatoms. The van der Waals surface area contributed by atoms with Crippen LogP contribution in [0.1, 0.15) is 53.4 Å². The van der Waals surface area contributed by atoms with E-state index in [4.69, 9.17) is 23.7 Å². The van der Waals surface area contributed by atoms with Gasteiger partial charge in [-0.25, -0.2) is 4.79 Å². The maximum Gasteiger partial charge on any atom is 0.334 e. The fourth-order valence-electron chi connectivity index (χ4n) is 7.64. The Balaban J connectivity index is 1.41. The SMILES string of the molecule is CC(=O)OCO[C@H]1[C@]23O[C@H]2C[C@H]2C4=C(CC[C@]2(C)[C@@]32O[C@H]2C[C@@]1(O)C(C)C)C(=O)OC4. The quantitative estimate of drug-likeness (QED) is 0.404. The Morgan fingerprint density at radius 2 is 2.06 bits per heavy atom. The fraction of sp³-hybridized carbons (Fsp3) is 0.826. The van der Waals surface area contributed by atoms with E-state index in [9.17, 15) is 14.7 Å². The molecule has 2 saturated heterocycles. The van der Waals surface area contributed by atoms with Crippen molar-refractivity contribution in [3.05, 3.63) is 11.1 Å². The summed E-state index contributed by atoms with van der Waals surface area (Å²) in [7, 11) is 0. The predicted molar refractivity (Wildman–Crippen MR) is 105 cm³/mol. The monoisotopic (exact) mass is 434 g/mol. The first-order valence-electron chi connectivity index (χ1n) is 11.3. The molecule has 0 aromatic carbocycles. The van der Waals surface area contributed by atoms with Gasteiger partial charge in [-0.1, -0.05) is 20.8 Å². The lowest BCUT2D eigenvalue weighted by atomic mass is 9.46. The van der Waals surface area contributed by atoms with Crippen molar-refractivity contribution in [1.29, 1.82) is 0 Å². The summed E-state index contributed by atoms with van der Waals surface area (Å²) in [4.78, 5) is 23.5. The lowest BCUT2D eigenvalue weighted by molar-refractivity contribution is -0.228. The molecule has 3 aliphatic heterocycles. The topological polar surface area (TPSA) is 107 Å². The van der Waals surface area contributed by atoms with E-state index in [1.54, 1.807) is 0 Å². The third-order valence-corrected chi connectivity index (χ3v) is 9.29. The highest BCUT2D eigenvalue weighted by molar-refractivity contribution is 5.92.